The van der Waals surface area contributed by atoms with E-state index in [0.29, 0.717) is 16.0 Å². The summed E-state index contributed by atoms with van der Waals surface area (Å²) in [4.78, 5) is 0.248. The van der Waals surface area contributed by atoms with Crippen LogP contribution in [0, 0.1) is 5.41 Å². The summed E-state index contributed by atoms with van der Waals surface area (Å²) >= 11 is 9.15. The van der Waals surface area contributed by atoms with Crippen molar-refractivity contribution in [2.75, 3.05) is 6.54 Å². The van der Waals surface area contributed by atoms with Gasteiger partial charge in [0.1, 0.15) is 0 Å². The summed E-state index contributed by atoms with van der Waals surface area (Å²) in [7, 11) is -3.47. The van der Waals surface area contributed by atoms with Crippen molar-refractivity contribution in [3.05, 3.63) is 27.7 Å². The second kappa shape index (κ2) is 6.34. The maximum absolute atomic E-state index is 12.3. The van der Waals surface area contributed by atoms with Crippen molar-refractivity contribution in [3.8, 4) is 0 Å². The Morgan fingerprint density at radius 2 is 2.00 bits per heavy atom. The standard InChI is InChI=1S/C14H19BrClNO2S/c1-2-14(7-3-4-8-14)10-17-20(18,19)11-5-6-13(16)12(15)9-11/h5-6,9,17H,2-4,7-8,10H2,1H3. The topological polar surface area (TPSA) is 46.2 Å². The van der Waals surface area contributed by atoms with E-state index in [0.717, 1.165) is 19.3 Å². The predicted molar refractivity (Wildman–Crippen MR) is 85.5 cm³/mol. The molecule has 0 unspecified atom stereocenters. The molecule has 2 rings (SSSR count). The third-order valence-electron chi connectivity index (χ3n) is 4.25. The zero-order valence-corrected chi connectivity index (χ0v) is 14.6. The molecule has 1 fully saturated rings. The fourth-order valence-corrected chi connectivity index (χ4v) is 4.59. The van der Waals surface area contributed by atoms with Crippen molar-refractivity contribution in [3.63, 3.8) is 0 Å². The first-order valence-electron chi connectivity index (χ1n) is 6.83. The number of hydrogen-bond acceptors (Lipinski definition) is 2. The maximum atomic E-state index is 12.3. The Labute approximate surface area is 134 Å². The average molecular weight is 381 g/mol. The zero-order chi connectivity index (χ0) is 14.8. The van der Waals surface area contributed by atoms with Gasteiger partial charge in [-0.05, 0) is 58.8 Å². The molecule has 6 heteroatoms. The Morgan fingerprint density at radius 3 is 2.55 bits per heavy atom. The molecule has 1 N–H and O–H groups in total. The summed E-state index contributed by atoms with van der Waals surface area (Å²) in [6, 6.07) is 4.66. The molecule has 0 bridgehead atoms. The van der Waals surface area contributed by atoms with Gasteiger partial charge in [0.2, 0.25) is 10.0 Å². The van der Waals surface area contributed by atoms with Gasteiger partial charge in [-0.1, -0.05) is 31.4 Å². The third kappa shape index (κ3) is 3.56. The van der Waals surface area contributed by atoms with Gasteiger partial charge in [0.15, 0.2) is 0 Å². The summed E-state index contributed by atoms with van der Waals surface area (Å²) < 4.78 is 28.0. The monoisotopic (exact) mass is 379 g/mol. The fraction of sp³-hybridized carbons (Fsp3) is 0.571. The van der Waals surface area contributed by atoms with Crippen LogP contribution in [-0.2, 0) is 10.0 Å². The lowest BCUT2D eigenvalue weighted by Crippen LogP contribution is -2.35. The Morgan fingerprint density at radius 1 is 1.35 bits per heavy atom. The summed E-state index contributed by atoms with van der Waals surface area (Å²) in [6.07, 6.45) is 5.62. The molecule has 1 aliphatic carbocycles. The molecule has 0 atom stereocenters. The molecule has 0 aromatic heterocycles. The maximum Gasteiger partial charge on any atom is 0.240 e. The second-order valence-electron chi connectivity index (χ2n) is 5.46. The molecule has 0 saturated heterocycles. The van der Waals surface area contributed by atoms with E-state index in [1.165, 1.54) is 25.0 Å². The summed E-state index contributed by atoms with van der Waals surface area (Å²) in [6.45, 7) is 2.66. The van der Waals surface area contributed by atoms with Gasteiger partial charge in [-0.15, -0.1) is 0 Å². The molecule has 1 aromatic carbocycles. The van der Waals surface area contributed by atoms with Gasteiger partial charge in [0.05, 0.1) is 9.92 Å². The minimum absolute atomic E-state index is 0.136. The lowest BCUT2D eigenvalue weighted by molar-refractivity contribution is 0.285. The number of benzene rings is 1. The molecular weight excluding hydrogens is 362 g/mol. The van der Waals surface area contributed by atoms with Crippen LogP contribution in [0.1, 0.15) is 39.0 Å². The quantitative estimate of drug-likeness (QED) is 0.825. The van der Waals surface area contributed by atoms with Crippen molar-refractivity contribution in [2.45, 2.75) is 43.9 Å². The highest BCUT2D eigenvalue weighted by Crippen LogP contribution is 2.40. The number of nitrogens with one attached hydrogen (secondary N) is 1. The molecule has 112 valence electrons. The Hall–Kier alpha value is -0.100. The summed E-state index contributed by atoms with van der Waals surface area (Å²) in [5, 5.41) is 0.504. The fourth-order valence-electron chi connectivity index (χ4n) is 2.76. The molecule has 0 spiro atoms. The molecule has 1 saturated carbocycles. The number of rotatable bonds is 5. The zero-order valence-electron chi connectivity index (χ0n) is 11.5. The molecule has 0 radical (unpaired) electrons. The lowest BCUT2D eigenvalue weighted by atomic mass is 9.84. The van der Waals surface area contributed by atoms with Gasteiger partial charge in [-0.3, -0.25) is 0 Å². The van der Waals surface area contributed by atoms with Crippen molar-refractivity contribution in [1.29, 1.82) is 0 Å². The van der Waals surface area contributed by atoms with Gasteiger partial charge in [-0.2, -0.15) is 0 Å². The van der Waals surface area contributed by atoms with E-state index in [-0.39, 0.29) is 10.3 Å². The van der Waals surface area contributed by atoms with E-state index in [1.54, 1.807) is 6.07 Å². The van der Waals surface area contributed by atoms with Crippen molar-refractivity contribution in [1.82, 2.24) is 4.72 Å². The van der Waals surface area contributed by atoms with Crippen LogP contribution in [0.3, 0.4) is 0 Å². The SMILES string of the molecule is CCC1(CNS(=O)(=O)c2ccc(Cl)c(Br)c2)CCCC1. The Balaban J connectivity index is 2.13. The summed E-state index contributed by atoms with van der Waals surface area (Å²) in [5.74, 6) is 0. The van der Waals surface area contributed by atoms with E-state index in [4.69, 9.17) is 11.6 Å². The number of hydrogen-bond donors (Lipinski definition) is 1. The first-order valence-corrected chi connectivity index (χ1v) is 9.49. The highest BCUT2D eigenvalue weighted by molar-refractivity contribution is 9.10. The van der Waals surface area contributed by atoms with Crippen molar-refractivity contribution < 1.29 is 8.42 Å². The number of halogens is 2. The van der Waals surface area contributed by atoms with Crippen molar-refractivity contribution >= 4 is 37.6 Å². The van der Waals surface area contributed by atoms with Crippen LogP contribution in [0.5, 0.6) is 0 Å². The molecular formula is C14H19BrClNO2S. The van der Waals surface area contributed by atoms with Crippen LogP contribution < -0.4 is 4.72 Å². The van der Waals surface area contributed by atoms with Gasteiger partial charge in [0.25, 0.3) is 0 Å². The molecule has 20 heavy (non-hydrogen) atoms. The highest BCUT2D eigenvalue weighted by Gasteiger charge is 2.33. The molecule has 0 heterocycles. The van der Waals surface area contributed by atoms with E-state index in [1.807, 2.05) is 0 Å². The third-order valence-corrected chi connectivity index (χ3v) is 6.87. The van der Waals surface area contributed by atoms with Crippen LogP contribution in [0.2, 0.25) is 5.02 Å². The largest absolute Gasteiger partial charge is 0.240 e. The molecule has 0 aliphatic heterocycles. The molecule has 1 aromatic rings. The van der Waals surface area contributed by atoms with E-state index < -0.39 is 10.0 Å². The predicted octanol–water partition coefficient (Wildman–Crippen LogP) is 4.35. The second-order valence-corrected chi connectivity index (χ2v) is 8.49. The molecule has 3 nitrogen and oxygen atoms in total. The van der Waals surface area contributed by atoms with Crippen LogP contribution in [0.15, 0.2) is 27.6 Å². The van der Waals surface area contributed by atoms with E-state index >= 15 is 0 Å². The van der Waals surface area contributed by atoms with E-state index in [9.17, 15) is 8.42 Å². The van der Waals surface area contributed by atoms with Crippen molar-refractivity contribution in [2.24, 2.45) is 5.41 Å². The Bertz CT molecular complexity index is 583. The van der Waals surface area contributed by atoms with Gasteiger partial charge in [0, 0.05) is 11.0 Å². The van der Waals surface area contributed by atoms with Crippen LogP contribution in [-0.4, -0.2) is 15.0 Å². The van der Waals surface area contributed by atoms with Crippen LogP contribution in [0.25, 0.3) is 0 Å². The Kier molecular flexibility index (Phi) is 5.16. The first kappa shape index (κ1) is 16.3. The van der Waals surface area contributed by atoms with Gasteiger partial charge < -0.3 is 0 Å². The van der Waals surface area contributed by atoms with Gasteiger partial charge >= 0.3 is 0 Å². The molecule has 0 amide bonds. The average Bonchev–Trinajstić information content (AvgIpc) is 2.89. The first-order chi connectivity index (χ1) is 9.38. The highest BCUT2D eigenvalue weighted by atomic mass is 79.9. The molecule has 1 aliphatic rings. The smallest absolute Gasteiger partial charge is 0.211 e. The minimum atomic E-state index is -3.47. The number of sulfonamides is 1. The van der Waals surface area contributed by atoms with Gasteiger partial charge in [-0.25, -0.2) is 13.1 Å². The minimum Gasteiger partial charge on any atom is -0.211 e. The van der Waals surface area contributed by atoms with E-state index in [2.05, 4.69) is 27.6 Å². The van der Waals surface area contributed by atoms with Crippen LogP contribution in [0.4, 0.5) is 0 Å². The summed E-state index contributed by atoms with van der Waals surface area (Å²) in [5.41, 5.74) is 0.136. The normalized spacial score (nSPS) is 18.4. The lowest BCUT2D eigenvalue weighted by Gasteiger charge is -2.27. The van der Waals surface area contributed by atoms with Crippen LogP contribution >= 0.6 is 27.5 Å².